The van der Waals surface area contributed by atoms with Crippen molar-refractivity contribution in [3.8, 4) is 0 Å². The van der Waals surface area contributed by atoms with Crippen LogP contribution < -0.4 is 10.6 Å². The minimum absolute atomic E-state index is 0.0683. The Balaban J connectivity index is 2.32. The third kappa shape index (κ3) is 13.6. The molecule has 0 bridgehead atoms. The second-order valence-electron chi connectivity index (χ2n) is 18.1. The van der Waals surface area contributed by atoms with Crippen molar-refractivity contribution in [1.29, 1.82) is 0 Å². The quantitative estimate of drug-likeness (QED) is 0.147. The van der Waals surface area contributed by atoms with Gasteiger partial charge in [0, 0.05) is 40.8 Å². The minimum Gasteiger partial charge on any atom is -0.480 e. The Hall–Kier alpha value is -4.24. The molecule has 1 heterocycles. The molecule has 1 fully saturated rings. The Labute approximate surface area is 358 Å². The Bertz CT molecular complexity index is 1580. The van der Waals surface area contributed by atoms with Gasteiger partial charge in [-0.05, 0) is 56.9 Å². The lowest BCUT2D eigenvalue weighted by molar-refractivity contribution is -0.148. The number of hydrogen-bond donors (Lipinski definition) is 3. The number of rotatable bonds is 21. The number of aliphatic carboxylic acids is 1. The zero-order valence-corrected chi connectivity index (χ0v) is 38.8. The molecule has 1 aromatic carbocycles. The van der Waals surface area contributed by atoms with Crippen LogP contribution >= 0.6 is 0 Å². The molecule has 2 rings (SSSR count). The number of likely N-dealkylation sites (tertiary alicyclic amines) is 1. The summed E-state index contributed by atoms with van der Waals surface area (Å²) in [6.07, 6.45) is -0.268. The van der Waals surface area contributed by atoms with Gasteiger partial charge in [-0.15, -0.1) is 0 Å². The first-order valence-electron chi connectivity index (χ1n) is 21.4. The summed E-state index contributed by atoms with van der Waals surface area (Å²) in [5.41, 5.74) is 0.00898. The number of carboxylic acids is 1. The monoisotopic (exact) mass is 846 g/mol. The average Bonchev–Trinajstić information content (AvgIpc) is 3.67. The summed E-state index contributed by atoms with van der Waals surface area (Å²) in [5.74, 6) is -4.77. The molecule has 15 heteroatoms. The number of carbonyl (C=O) groups is 6. The first-order valence-corrected chi connectivity index (χ1v) is 21.4. The second-order valence-corrected chi connectivity index (χ2v) is 18.1. The van der Waals surface area contributed by atoms with Crippen LogP contribution in [0.15, 0.2) is 30.3 Å². The van der Waals surface area contributed by atoms with E-state index in [1.165, 1.54) is 26.2 Å². The van der Waals surface area contributed by atoms with Crippen LogP contribution in [0, 0.1) is 23.7 Å². The van der Waals surface area contributed by atoms with Gasteiger partial charge in [0.2, 0.25) is 23.6 Å². The molecule has 15 nitrogen and oxygen atoms in total. The van der Waals surface area contributed by atoms with Crippen molar-refractivity contribution in [2.75, 3.05) is 34.9 Å². The Morgan fingerprint density at radius 3 is 1.92 bits per heavy atom. The van der Waals surface area contributed by atoms with Crippen molar-refractivity contribution in [3.05, 3.63) is 35.9 Å². The largest absolute Gasteiger partial charge is 0.480 e. The summed E-state index contributed by atoms with van der Waals surface area (Å²) >= 11 is 0. The van der Waals surface area contributed by atoms with Crippen LogP contribution in [0.5, 0.6) is 0 Å². The van der Waals surface area contributed by atoms with Crippen molar-refractivity contribution < 1.29 is 48.1 Å². The van der Waals surface area contributed by atoms with Crippen molar-refractivity contribution in [2.24, 2.45) is 23.7 Å². The van der Waals surface area contributed by atoms with Gasteiger partial charge in [0.25, 0.3) is 0 Å². The fraction of sp³-hybridized carbons (Fsp3) is 0.733. The third-order valence-corrected chi connectivity index (χ3v) is 11.9. The maximum Gasteiger partial charge on any atom is 0.410 e. The average molecular weight is 846 g/mol. The number of likely N-dealkylation sites (N-methyl/N-ethyl adjacent to an activating group) is 2. The van der Waals surface area contributed by atoms with Gasteiger partial charge in [0.05, 0.1) is 36.6 Å². The zero-order chi connectivity index (χ0) is 45.8. The van der Waals surface area contributed by atoms with E-state index in [9.17, 15) is 33.9 Å². The van der Waals surface area contributed by atoms with Crippen LogP contribution in [-0.4, -0.2) is 138 Å². The van der Waals surface area contributed by atoms with Gasteiger partial charge < -0.3 is 39.8 Å². The van der Waals surface area contributed by atoms with Gasteiger partial charge in [-0.1, -0.05) is 92.1 Å². The molecule has 5 amide bonds. The van der Waals surface area contributed by atoms with Gasteiger partial charge in [-0.3, -0.25) is 24.1 Å². The molecule has 60 heavy (non-hydrogen) atoms. The Morgan fingerprint density at radius 2 is 1.43 bits per heavy atom. The molecule has 0 radical (unpaired) electrons. The SMILES string of the molecule is CCC(C)C(C(CC(=O)N1CCCC1C(OC)C(C)C(=O)NC(C(=O)O)C(C)c1ccccc1)OC)N(C)C(=O)C(NC(=O)C(C(C)C)N(C)C(=O)OC(C)(C)C)C(C)C. The molecule has 0 aromatic heterocycles. The van der Waals surface area contributed by atoms with Gasteiger partial charge in [0.15, 0.2) is 0 Å². The second kappa shape index (κ2) is 23.1. The summed E-state index contributed by atoms with van der Waals surface area (Å²) < 4.78 is 17.5. The van der Waals surface area contributed by atoms with Crippen LogP contribution in [-0.2, 0) is 38.2 Å². The molecule has 1 aliphatic rings. The molecule has 0 spiro atoms. The van der Waals surface area contributed by atoms with E-state index in [1.54, 1.807) is 51.5 Å². The predicted molar refractivity (Wildman–Crippen MR) is 230 cm³/mol. The fourth-order valence-electron chi connectivity index (χ4n) is 8.29. The lowest BCUT2D eigenvalue weighted by Crippen LogP contribution is -2.60. The van der Waals surface area contributed by atoms with Crippen LogP contribution in [0.4, 0.5) is 4.79 Å². The molecule has 3 N–H and O–H groups in total. The van der Waals surface area contributed by atoms with Crippen molar-refractivity contribution in [1.82, 2.24) is 25.3 Å². The summed E-state index contributed by atoms with van der Waals surface area (Å²) in [6, 6.07) is 5.04. The van der Waals surface area contributed by atoms with E-state index in [0.29, 0.717) is 25.8 Å². The standard InChI is InChI=1S/C45H75N5O10/c1-16-28(6)38(48(12)42(54)35(26(2)3)46-41(53)37(27(4)5)49(13)44(57)60-45(9,10)11)33(58-14)25-34(51)50-24-20-23-32(50)39(59-15)30(8)40(52)47-36(43(55)56)29(7)31-21-18-17-19-22-31/h17-19,21-22,26-30,32-33,35-39H,16,20,23-25H2,1-15H3,(H,46,53)(H,47,52)(H,55,56). The van der Waals surface area contributed by atoms with E-state index in [0.717, 1.165) is 5.56 Å². The maximum atomic E-state index is 14.5. The summed E-state index contributed by atoms with van der Waals surface area (Å²) in [6.45, 7) is 20.4. The third-order valence-electron chi connectivity index (χ3n) is 11.9. The van der Waals surface area contributed by atoms with Crippen LogP contribution in [0.25, 0.3) is 0 Å². The van der Waals surface area contributed by atoms with Crippen molar-refractivity contribution >= 4 is 35.7 Å². The van der Waals surface area contributed by atoms with Crippen LogP contribution in [0.1, 0.15) is 113 Å². The smallest absolute Gasteiger partial charge is 0.410 e. The van der Waals surface area contributed by atoms with E-state index in [2.05, 4.69) is 10.6 Å². The molecule has 1 aromatic rings. The van der Waals surface area contributed by atoms with Gasteiger partial charge >= 0.3 is 12.1 Å². The number of hydrogen-bond acceptors (Lipinski definition) is 9. The Kier molecular flexibility index (Phi) is 20.0. The predicted octanol–water partition coefficient (Wildman–Crippen LogP) is 5.31. The van der Waals surface area contributed by atoms with E-state index in [1.807, 2.05) is 71.9 Å². The summed E-state index contributed by atoms with van der Waals surface area (Å²) in [7, 11) is 6.16. The highest BCUT2D eigenvalue weighted by molar-refractivity contribution is 5.92. The first kappa shape index (κ1) is 51.9. The first-order chi connectivity index (χ1) is 27.9. The molecular weight excluding hydrogens is 771 g/mol. The number of carbonyl (C=O) groups excluding carboxylic acids is 5. The number of carboxylic acid groups (broad SMARTS) is 1. The number of benzene rings is 1. The minimum atomic E-state index is -1.18. The summed E-state index contributed by atoms with van der Waals surface area (Å²) in [5, 5.41) is 15.7. The topological polar surface area (TPSA) is 184 Å². The number of methoxy groups -OCH3 is 2. The number of ether oxygens (including phenoxy) is 3. The Morgan fingerprint density at radius 1 is 0.850 bits per heavy atom. The molecule has 340 valence electrons. The van der Waals surface area contributed by atoms with Gasteiger partial charge in [-0.25, -0.2) is 9.59 Å². The molecular formula is C45H75N5O10. The van der Waals surface area contributed by atoms with Crippen LogP contribution in [0.2, 0.25) is 0 Å². The highest BCUT2D eigenvalue weighted by atomic mass is 16.6. The fourth-order valence-corrected chi connectivity index (χ4v) is 8.29. The van der Waals surface area contributed by atoms with Gasteiger partial charge in [-0.2, -0.15) is 0 Å². The van der Waals surface area contributed by atoms with Gasteiger partial charge in [0.1, 0.15) is 23.7 Å². The number of nitrogens with zero attached hydrogens (tertiary/aromatic N) is 3. The lowest BCUT2D eigenvalue weighted by atomic mass is 9.89. The number of amides is 5. The molecule has 1 saturated heterocycles. The van der Waals surface area contributed by atoms with E-state index >= 15 is 0 Å². The normalized spacial score (nSPS) is 18.9. The molecule has 1 aliphatic heterocycles. The molecule has 0 saturated carbocycles. The highest BCUT2D eigenvalue weighted by Gasteiger charge is 2.44. The van der Waals surface area contributed by atoms with Crippen molar-refractivity contribution in [2.45, 2.75) is 156 Å². The highest BCUT2D eigenvalue weighted by Crippen LogP contribution is 2.30. The maximum absolute atomic E-state index is 14.5. The zero-order valence-electron chi connectivity index (χ0n) is 38.8. The molecule has 10 unspecified atom stereocenters. The van der Waals surface area contributed by atoms with E-state index in [4.69, 9.17) is 14.2 Å². The molecule has 10 atom stereocenters. The molecule has 0 aliphatic carbocycles. The van der Waals surface area contributed by atoms with Crippen molar-refractivity contribution in [3.63, 3.8) is 0 Å². The van der Waals surface area contributed by atoms with Crippen LogP contribution in [0.3, 0.4) is 0 Å². The number of nitrogens with one attached hydrogen (secondary N) is 2. The van der Waals surface area contributed by atoms with E-state index in [-0.39, 0.29) is 36.0 Å². The summed E-state index contributed by atoms with van der Waals surface area (Å²) in [4.78, 5) is 86.2. The van der Waals surface area contributed by atoms with E-state index < -0.39 is 83.7 Å². The lowest BCUT2D eigenvalue weighted by Gasteiger charge is -2.41.